The van der Waals surface area contributed by atoms with E-state index in [-0.39, 0.29) is 5.91 Å². The fourth-order valence-electron chi connectivity index (χ4n) is 2.09. The van der Waals surface area contributed by atoms with Crippen LogP contribution in [0.15, 0.2) is 66.9 Å². The summed E-state index contributed by atoms with van der Waals surface area (Å²) >= 11 is 11.8. The summed E-state index contributed by atoms with van der Waals surface area (Å²) in [6.07, 6.45) is 1.57. The quantitative estimate of drug-likeness (QED) is 0.658. The van der Waals surface area contributed by atoms with E-state index in [1.54, 1.807) is 54.7 Å². The van der Waals surface area contributed by atoms with E-state index in [2.05, 4.69) is 15.6 Å². The summed E-state index contributed by atoms with van der Waals surface area (Å²) in [4.78, 5) is 16.4. The Hall–Kier alpha value is -2.56. The van der Waals surface area contributed by atoms with Crippen LogP contribution < -0.4 is 10.6 Å². The molecule has 3 aromatic rings. The molecular weight excluding hydrogens is 345 g/mol. The number of aromatic nitrogens is 1. The maximum Gasteiger partial charge on any atom is 0.274 e. The zero-order chi connectivity index (χ0) is 16.9. The summed E-state index contributed by atoms with van der Waals surface area (Å²) in [6.45, 7) is 0. The van der Waals surface area contributed by atoms with Gasteiger partial charge in [0, 0.05) is 33.3 Å². The van der Waals surface area contributed by atoms with Crippen molar-refractivity contribution in [2.75, 3.05) is 10.6 Å². The highest BCUT2D eigenvalue weighted by atomic mass is 35.5. The second-order valence-corrected chi connectivity index (χ2v) is 5.90. The molecule has 0 saturated carbocycles. The first-order chi connectivity index (χ1) is 11.6. The van der Waals surface area contributed by atoms with Gasteiger partial charge in [-0.25, -0.2) is 0 Å². The summed E-state index contributed by atoms with van der Waals surface area (Å²) in [5.41, 5.74) is 2.53. The van der Waals surface area contributed by atoms with Crippen LogP contribution in [0.5, 0.6) is 0 Å². The van der Waals surface area contributed by atoms with Crippen LogP contribution >= 0.6 is 23.2 Å². The first-order valence-corrected chi connectivity index (χ1v) is 7.91. The van der Waals surface area contributed by atoms with Crippen LogP contribution in [0.1, 0.15) is 10.5 Å². The van der Waals surface area contributed by atoms with Crippen LogP contribution in [0.4, 0.5) is 17.1 Å². The number of hydrogen-bond acceptors (Lipinski definition) is 3. The number of carbonyl (C=O) groups is 1. The van der Waals surface area contributed by atoms with Gasteiger partial charge in [0.1, 0.15) is 5.69 Å². The number of carbonyl (C=O) groups excluding carboxylic acids is 1. The zero-order valence-electron chi connectivity index (χ0n) is 12.5. The highest BCUT2D eigenvalue weighted by Gasteiger charge is 2.09. The third-order valence-electron chi connectivity index (χ3n) is 3.21. The Labute approximate surface area is 149 Å². The van der Waals surface area contributed by atoms with Crippen molar-refractivity contribution in [2.45, 2.75) is 0 Å². The Morgan fingerprint density at radius 2 is 1.58 bits per heavy atom. The molecule has 0 spiro atoms. The van der Waals surface area contributed by atoms with Crippen LogP contribution in [-0.4, -0.2) is 10.9 Å². The van der Waals surface area contributed by atoms with Crippen molar-refractivity contribution in [1.29, 1.82) is 0 Å². The second-order valence-electron chi connectivity index (χ2n) is 5.03. The predicted molar refractivity (Wildman–Crippen MR) is 98.4 cm³/mol. The molecule has 0 aliphatic rings. The number of pyridine rings is 1. The number of benzene rings is 2. The summed E-state index contributed by atoms with van der Waals surface area (Å²) in [5.74, 6) is -0.299. The molecule has 0 atom stereocenters. The molecule has 1 aromatic heterocycles. The minimum absolute atomic E-state index is 0.299. The van der Waals surface area contributed by atoms with Crippen LogP contribution in [0, 0.1) is 0 Å². The molecule has 0 aliphatic heterocycles. The Morgan fingerprint density at radius 1 is 0.833 bits per heavy atom. The molecule has 0 aliphatic carbocycles. The average molecular weight is 358 g/mol. The summed E-state index contributed by atoms with van der Waals surface area (Å²) in [5, 5.41) is 7.21. The smallest absolute Gasteiger partial charge is 0.274 e. The monoisotopic (exact) mass is 357 g/mol. The van der Waals surface area contributed by atoms with E-state index in [4.69, 9.17) is 23.2 Å². The van der Waals surface area contributed by atoms with Gasteiger partial charge in [0.2, 0.25) is 0 Å². The van der Waals surface area contributed by atoms with E-state index < -0.39 is 0 Å². The maximum absolute atomic E-state index is 12.3. The Kier molecular flexibility index (Phi) is 4.99. The van der Waals surface area contributed by atoms with E-state index >= 15 is 0 Å². The molecule has 120 valence electrons. The zero-order valence-corrected chi connectivity index (χ0v) is 14.0. The standard InChI is InChI=1S/C18H13Cl2N3O/c19-12-4-6-14(7-5-12)23-18(24)17-11-16(8-9-21-17)22-15-3-1-2-13(20)10-15/h1-11H,(H,21,22)(H,23,24). The van der Waals surface area contributed by atoms with Crippen molar-refractivity contribution in [3.8, 4) is 0 Å². The molecule has 2 aromatic carbocycles. The molecule has 2 N–H and O–H groups in total. The number of hydrogen-bond donors (Lipinski definition) is 2. The SMILES string of the molecule is O=C(Nc1ccc(Cl)cc1)c1cc(Nc2cccc(Cl)c2)ccn1. The van der Waals surface area contributed by atoms with Crippen LogP contribution in [0.3, 0.4) is 0 Å². The van der Waals surface area contributed by atoms with Crippen LogP contribution in [-0.2, 0) is 0 Å². The molecule has 0 unspecified atom stereocenters. The van der Waals surface area contributed by atoms with Gasteiger partial charge in [-0.2, -0.15) is 0 Å². The van der Waals surface area contributed by atoms with Gasteiger partial charge in [-0.15, -0.1) is 0 Å². The van der Waals surface area contributed by atoms with Crippen molar-refractivity contribution in [1.82, 2.24) is 4.98 Å². The van der Waals surface area contributed by atoms with Gasteiger partial charge < -0.3 is 10.6 Å². The molecule has 1 heterocycles. The number of nitrogens with one attached hydrogen (secondary N) is 2. The Morgan fingerprint density at radius 3 is 2.33 bits per heavy atom. The first kappa shape index (κ1) is 16.3. The average Bonchev–Trinajstić information content (AvgIpc) is 2.57. The number of halogens is 2. The molecule has 1 amide bonds. The third kappa shape index (κ3) is 4.25. The number of amides is 1. The lowest BCUT2D eigenvalue weighted by Crippen LogP contribution is -2.13. The van der Waals surface area contributed by atoms with Crippen molar-refractivity contribution in [3.63, 3.8) is 0 Å². The molecule has 24 heavy (non-hydrogen) atoms. The van der Waals surface area contributed by atoms with Gasteiger partial charge in [0.05, 0.1) is 0 Å². The molecule has 0 bridgehead atoms. The largest absolute Gasteiger partial charge is 0.355 e. The lowest BCUT2D eigenvalue weighted by atomic mass is 10.2. The summed E-state index contributed by atoms with van der Waals surface area (Å²) in [7, 11) is 0. The summed E-state index contributed by atoms with van der Waals surface area (Å²) in [6, 6.07) is 17.7. The minimum Gasteiger partial charge on any atom is -0.355 e. The third-order valence-corrected chi connectivity index (χ3v) is 3.70. The Bertz CT molecular complexity index is 866. The molecule has 4 nitrogen and oxygen atoms in total. The van der Waals surface area contributed by atoms with E-state index in [1.165, 1.54) is 0 Å². The van der Waals surface area contributed by atoms with Crippen LogP contribution in [0.2, 0.25) is 10.0 Å². The predicted octanol–water partition coefficient (Wildman–Crippen LogP) is 5.38. The molecule has 0 saturated heterocycles. The first-order valence-electron chi connectivity index (χ1n) is 7.16. The van der Waals surface area contributed by atoms with E-state index in [0.29, 0.717) is 21.4 Å². The molecule has 6 heteroatoms. The minimum atomic E-state index is -0.299. The topological polar surface area (TPSA) is 54.0 Å². The lowest BCUT2D eigenvalue weighted by molar-refractivity contribution is 0.102. The van der Waals surface area contributed by atoms with E-state index in [1.807, 2.05) is 12.1 Å². The van der Waals surface area contributed by atoms with Crippen molar-refractivity contribution < 1.29 is 4.79 Å². The van der Waals surface area contributed by atoms with E-state index in [0.717, 1.165) is 11.4 Å². The number of nitrogens with zero attached hydrogens (tertiary/aromatic N) is 1. The molecule has 3 rings (SSSR count). The van der Waals surface area contributed by atoms with E-state index in [9.17, 15) is 4.79 Å². The molecule has 0 radical (unpaired) electrons. The van der Waals surface area contributed by atoms with Crippen molar-refractivity contribution in [2.24, 2.45) is 0 Å². The lowest BCUT2D eigenvalue weighted by Gasteiger charge is -2.09. The van der Waals surface area contributed by atoms with Gasteiger partial charge in [-0.3, -0.25) is 9.78 Å². The fourth-order valence-corrected chi connectivity index (χ4v) is 2.41. The molecule has 0 fully saturated rings. The van der Waals surface area contributed by atoms with Crippen molar-refractivity contribution >= 4 is 46.2 Å². The van der Waals surface area contributed by atoms with Gasteiger partial charge in [0.15, 0.2) is 0 Å². The Balaban J connectivity index is 1.74. The van der Waals surface area contributed by atoms with Gasteiger partial charge in [-0.05, 0) is 54.6 Å². The number of anilines is 3. The maximum atomic E-state index is 12.3. The highest BCUT2D eigenvalue weighted by Crippen LogP contribution is 2.21. The summed E-state index contributed by atoms with van der Waals surface area (Å²) < 4.78 is 0. The van der Waals surface area contributed by atoms with Gasteiger partial charge in [0.25, 0.3) is 5.91 Å². The van der Waals surface area contributed by atoms with Gasteiger partial charge >= 0.3 is 0 Å². The highest BCUT2D eigenvalue weighted by molar-refractivity contribution is 6.31. The van der Waals surface area contributed by atoms with Crippen molar-refractivity contribution in [3.05, 3.63) is 82.6 Å². The fraction of sp³-hybridized carbons (Fsp3) is 0. The normalized spacial score (nSPS) is 10.2. The number of rotatable bonds is 4. The second kappa shape index (κ2) is 7.34. The van der Waals surface area contributed by atoms with Gasteiger partial charge in [-0.1, -0.05) is 29.3 Å². The van der Waals surface area contributed by atoms with Crippen LogP contribution in [0.25, 0.3) is 0 Å². The molecular formula is C18H13Cl2N3O.